The lowest BCUT2D eigenvalue weighted by atomic mass is 9.49. The van der Waals surface area contributed by atoms with Crippen LogP contribution in [0.5, 0.6) is 0 Å². The van der Waals surface area contributed by atoms with Crippen LogP contribution in [-0.2, 0) is 5.41 Å². The lowest BCUT2D eigenvalue weighted by molar-refractivity contribution is -0.0118. The topological polar surface area (TPSA) is 29.9 Å². The maximum Gasteiger partial charge on any atom is 0.115 e. The molecule has 1 aromatic heterocycles. The van der Waals surface area contributed by atoms with E-state index in [1.54, 1.807) is 0 Å². The molecule has 6 rings (SSSR count). The minimum Gasteiger partial charge on any atom is -0.331 e. The normalized spacial score (nSPS) is 42.6. The molecule has 21 heavy (non-hydrogen) atoms. The van der Waals surface area contributed by atoms with E-state index < -0.39 is 0 Å². The monoisotopic (exact) mass is 285 g/mol. The van der Waals surface area contributed by atoms with Crippen LogP contribution < -0.4 is 5.32 Å². The molecular formula is C18H27N3. The summed E-state index contributed by atoms with van der Waals surface area (Å²) in [6.07, 6.45) is 15.8. The van der Waals surface area contributed by atoms with E-state index in [1.165, 1.54) is 70.3 Å². The molecule has 4 aliphatic carbocycles. The maximum absolute atomic E-state index is 4.92. The van der Waals surface area contributed by atoms with Gasteiger partial charge in [-0.15, -0.1) is 0 Å². The molecule has 1 saturated heterocycles. The summed E-state index contributed by atoms with van der Waals surface area (Å²) in [4.78, 5) is 4.92. The zero-order valence-electron chi connectivity index (χ0n) is 12.9. The van der Waals surface area contributed by atoms with E-state index in [0.717, 1.165) is 17.8 Å². The maximum atomic E-state index is 4.92. The van der Waals surface area contributed by atoms with Crippen molar-refractivity contribution in [2.45, 2.75) is 62.8 Å². The third-order valence-corrected chi connectivity index (χ3v) is 6.88. The summed E-state index contributed by atoms with van der Waals surface area (Å²) in [7, 11) is 0. The Morgan fingerprint density at radius 2 is 1.62 bits per heavy atom. The van der Waals surface area contributed by atoms with Crippen LogP contribution in [0.4, 0.5) is 0 Å². The van der Waals surface area contributed by atoms with E-state index in [1.807, 2.05) is 0 Å². The Hall–Kier alpha value is -0.830. The average Bonchev–Trinajstić information content (AvgIpc) is 2.97. The van der Waals surface area contributed by atoms with Gasteiger partial charge in [-0.3, -0.25) is 0 Å². The molecule has 0 aromatic carbocycles. The van der Waals surface area contributed by atoms with Gasteiger partial charge in [-0.1, -0.05) is 0 Å². The van der Waals surface area contributed by atoms with Crippen LogP contribution in [0, 0.1) is 17.8 Å². The predicted molar refractivity (Wildman–Crippen MR) is 83.2 cm³/mol. The Morgan fingerprint density at radius 3 is 2.24 bits per heavy atom. The molecule has 5 aliphatic rings. The number of piperidine rings is 1. The van der Waals surface area contributed by atoms with E-state index in [2.05, 4.69) is 22.3 Å². The second-order valence-corrected chi connectivity index (χ2v) is 8.34. The van der Waals surface area contributed by atoms with Crippen molar-refractivity contribution in [1.82, 2.24) is 14.9 Å². The van der Waals surface area contributed by atoms with E-state index in [9.17, 15) is 0 Å². The van der Waals surface area contributed by atoms with Gasteiger partial charge in [0.15, 0.2) is 0 Å². The fraction of sp³-hybridized carbons (Fsp3) is 0.833. The number of rotatable bonds is 2. The molecule has 3 nitrogen and oxygen atoms in total. The Balaban J connectivity index is 1.51. The van der Waals surface area contributed by atoms with Crippen LogP contribution in [0.25, 0.3) is 0 Å². The minimum atomic E-state index is 0.448. The molecule has 4 saturated carbocycles. The standard InChI is InChI=1S/C18H27N3/c1-3-19-4-2-16(1)21-6-5-20-17(21)18-10-13-7-14(11-18)9-15(8-13)12-18/h5-6,13-16,19H,1-4,7-12H2. The van der Waals surface area contributed by atoms with Gasteiger partial charge in [0.1, 0.15) is 5.82 Å². The molecule has 1 aliphatic heterocycles. The van der Waals surface area contributed by atoms with Crippen molar-refractivity contribution >= 4 is 0 Å². The number of nitrogens with zero attached hydrogens (tertiary/aromatic N) is 2. The summed E-state index contributed by atoms with van der Waals surface area (Å²) in [5.41, 5.74) is 0.448. The van der Waals surface area contributed by atoms with E-state index >= 15 is 0 Å². The second kappa shape index (κ2) is 4.58. The summed E-state index contributed by atoms with van der Waals surface area (Å²) in [5, 5.41) is 3.50. The summed E-state index contributed by atoms with van der Waals surface area (Å²) in [6, 6.07) is 0.691. The van der Waals surface area contributed by atoms with Crippen molar-refractivity contribution in [3.63, 3.8) is 0 Å². The molecule has 4 bridgehead atoms. The van der Waals surface area contributed by atoms with Crippen molar-refractivity contribution < 1.29 is 0 Å². The molecule has 0 spiro atoms. The van der Waals surface area contributed by atoms with Crippen molar-refractivity contribution in [3.05, 3.63) is 18.2 Å². The fourth-order valence-electron chi connectivity index (χ4n) is 6.49. The van der Waals surface area contributed by atoms with Crippen LogP contribution >= 0.6 is 0 Å². The predicted octanol–water partition coefficient (Wildman–Crippen LogP) is 3.28. The van der Waals surface area contributed by atoms with Gasteiger partial charge in [0.25, 0.3) is 0 Å². The highest BCUT2D eigenvalue weighted by atomic mass is 15.1. The van der Waals surface area contributed by atoms with Gasteiger partial charge in [-0.05, 0) is 82.2 Å². The Bertz CT molecular complexity index is 491. The first-order valence-corrected chi connectivity index (χ1v) is 9.06. The Morgan fingerprint density at radius 1 is 1.00 bits per heavy atom. The first-order chi connectivity index (χ1) is 10.3. The van der Waals surface area contributed by atoms with Crippen molar-refractivity contribution in [2.24, 2.45) is 17.8 Å². The van der Waals surface area contributed by atoms with Crippen molar-refractivity contribution in [3.8, 4) is 0 Å². The molecule has 0 atom stereocenters. The van der Waals surface area contributed by atoms with E-state index in [4.69, 9.17) is 4.98 Å². The van der Waals surface area contributed by atoms with Gasteiger partial charge in [-0.2, -0.15) is 0 Å². The molecule has 0 radical (unpaired) electrons. The Labute approximate surface area is 127 Å². The molecule has 1 N–H and O–H groups in total. The van der Waals surface area contributed by atoms with E-state index in [-0.39, 0.29) is 0 Å². The van der Waals surface area contributed by atoms with Gasteiger partial charge >= 0.3 is 0 Å². The van der Waals surface area contributed by atoms with Gasteiger partial charge in [0.05, 0.1) is 0 Å². The molecule has 5 fully saturated rings. The summed E-state index contributed by atoms with van der Waals surface area (Å²) < 4.78 is 2.59. The molecule has 0 unspecified atom stereocenters. The van der Waals surface area contributed by atoms with Crippen molar-refractivity contribution in [1.29, 1.82) is 0 Å². The largest absolute Gasteiger partial charge is 0.331 e. The molecule has 1 aromatic rings. The fourth-order valence-corrected chi connectivity index (χ4v) is 6.49. The highest BCUT2D eigenvalue weighted by Gasteiger charge is 2.53. The van der Waals surface area contributed by atoms with Crippen LogP contribution in [0.15, 0.2) is 12.4 Å². The number of imidazole rings is 1. The number of aromatic nitrogens is 2. The summed E-state index contributed by atoms with van der Waals surface area (Å²) >= 11 is 0. The smallest absolute Gasteiger partial charge is 0.115 e. The average molecular weight is 285 g/mol. The molecule has 3 heteroatoms. The lowest BCUT2D eigenvalue weighted by Gasteiger charge is -2.56. The molecule has 114 valence electrons. The number of hydrogen-bond acceptors (Lipinski definition) is 2. The number of nitrogens with one attached hydrogen (secondary N) is 1. The minimum absolute atomic E-state index is 0.448. The first-order valence-electron chi connectivity index (χ1n) is 9.06. The molecule has 0 amide bonds. The van der Waals surface area contributed by atoms with Gasteiger partial charge in [0, 0.05) is 23.9 Å². The zero-order chi connectivity index (χ0) is 13.9. The second-order valence-electron chi connectivity index (χ2n) is 8.34. The quantitative estimate of drug-likeness (QED) is 0.904. The summed E-state index contributed by atoms with van der Waals surface area (Å²) in [5.74, 6) is 4.49. The van der Waals surface area contributed by atoms with Crippen LogP contribution in [0.1, 0.15) is 63.2 Å². The van der Waals surface area contributed by atoms with Crippen LogP contribution in [-0.4, -0.2) is 22.6 Å². The van der Waals surface area contributed by atoms with E-state index in [0.29, 0.717) is 11.5 Å². The van der Waals surface area contributed by atoms with Crippen LogP contribution in [0.3, 0.4) is 0 Å². The van der Waals surface area contributed by atoms with Gasteiger partial charge in [-0.25, -0.2) is 4.98 Å². The van der Waals surface area contributed by atoms with Crippen LogP contribution in [0.2, 0.25) is 0 Å². The highest BCUT2D eigenvalue weighted by Crippen LogP contribution is 2.60. The Kier molecular flexibility index (Phi) is 2.77. The number of hydrogen-bond donors (Lipinski definition) is 1. The third kappa shape index (κ3) is 1.93. The zero-order valence-corrected chi connectivity index (χ0v) is 12.9. The van der Waals surface area contributed by atoms with Gasteiger partial charge < -0.3 is 9.88 Å². The lowest BCUT2D eigenvalue weighted by Crippen LogP contribution is -2.50. The highest BCUT2D eigenvalue weighted by molar-refractivity contribution is 5.19. The van der Waals surface area contributed by atoms with Crippen molar-refractivity contribution in [2.75, 3.05) is 13.1 Å². The summed E-state index contributed by atoms with van der Waals surface area (Å²) in [6.45, 7) is 2.34. The first kappa shape index (κ1) is 12.7. The third-order valence-electron chi connectivity index (χ3n) is 6.88. The van der Waals surface area contributed by atoms with Gasteiger partial charge in [0.2, 0.25) is 0 Å². The molecular weight excluding hydrogens is 258 g/mol. The SMILES string of the molecule is c1cn(C2CCNCC2)c(C23CC4CC(CC(C4)C2)C3)n1. The molecule has 2 heterocycles.